The fourth-order valence-corrected chi connectivity index (χ4v) is 8.17. The van der Waals surface area contributed by atoms with Crippen LogP contribution in [-0.2, 0) is 9.53 Å². The molecule has 1 spiro atoms. The number of fused-ring (bicyclic) bond motifs is 2. The molecule has 6 rings (SSSR count). The minimum Gasteiger partial charge on any atom is -0.381 e. The van der Waals surface area contributed by atoms with Gasteiger partial charge in [-0.05, 0) is 70.3 Å². The smallest absolute Gasteiger partial charge is 0.320 e. The third-order valence-corrected chi connectivity index (χ3v) is 10.1. The first-order valence-electron chi connectivity index (χ1n) is 15.3. The van der Waals surface area contributed by atoms with E-state index in [4.69, 9.17) is 4.74 Å². The molecule has 3 unspecified atom stereocenters. The zero-order chi connectivity index (χ0) is 28.1. The van der Waals surface area contributed by atoms with Crippen molar-refractivity contribution in [2.45, 2.75) is 101 Å². The van der Waals surface area contributed by atoms with Crippen molar-refractivity contribution in [1.82, 2.24) is 20.0 Å². The molecule has 4 heterocycles. The molecule has 5 aliphatic rings. The van der Waals surface area contributed by atoms with Crippen LogP contribution < -0.4 is 5.32 Å². The Labute approximate surface area is 248 Å². The van der Waals surface area contributed by atoms with Crippen LogP contribution in [0.5, 0.6) is 0 Å². The molecule has 228 valence electrons. The molecule has 1 N–H and O–H groups in total. The van der Waals surface area contributed by atoms with Gasteiger partial charge in [0, 0.05) is 57.4 Å². The van der Waals surface area contributed by atoms with E-state index in [0.29, 0.717) is 24.4 Å². The van der Waals surface area contributed by atoms with Crippen LogP contribution >= 0.6 is 12.4 Å². The molecule has 1 aromatic rings. The van der Waals surface area contributed by atoms with E-state index in [0.717, 1.165) is 76.9 Å². The van der Waals surface area contributed by atoms with Crippen LogP contribution in [0.15, 0.2) is 30.3 Å². The van der Waals surface area contributed by atoms with E-state index in [-0.39, 0.29) is 42.5 Å². The maximum atomic E-state index is 13.7. The maximum absolute atomic E-state index is 13.7. The lowest BCUT2D eigenvalue weighted by atomic mass is 9.81. The first-order chi connectivity index (χ1) is 19.2. The molecule has 41 heavy (non-hydrogen) atoms. The molecule has 3 amide bonds. The van der Waals surface area contributed by atoms with Gasteiger partial charge in [-0.1, -0.05) is 30.3 Å². The fraction of sp³-hybridized carbons (Fsp3) is 0.742. The Morgan fingerprint density at radius 1 is 1.05 bits per heavy atom. The van der Waals surface area contributed by atoms with Crippen molar-refractivity contribution in [2.24, 2.45) is 11.8 Å². The largest absolute Gasteiger partial charge is 0.381 e. The average Bonchev–Trinajstić information content (AvgIpc) is 3.40. The van der Waals surface area contributed by atoms with Gasteiger partial charge in [0.25, 0.3) is 5.92 Å². The van der Waals surface area contributed by atoms with Gasteiger partial charge < -0.3 is 19.9 Å². The van der Waals surface area contributed by atoms with Gasteiger partial charge in [-0.3, -0.25) is 9.69 Å². The van der Waals surface area contributed by atoms with Crippen LogP contribution in [0, 0.1) is 11.8 Å². The van der Waals surface area contributed by atoms with Crippen LogP contribution in [0.2, 0.25) is 0 Å². The zero-order valence-corrected chi connectivity index (χ0v) is 25.1. The van der Waals surface area contributed by atoms with E-state index in [1.165, 1.54) is 0 Å². The Morgan fingerprint density at radius 2 is 1.68 bits per heavy atom. The first-order valence-corrected chi connectivity index (χ1v) is 15.3. The van der Waals surface area contributed by atoms with Gasteiger partial charge in [0.1, 0.15) is 5.92 Å². The molecule has 1 saturated carbocycles. The number of halogens is 3. The zero-order valence-electron chi connectivity index (χ0n) is 24.3. The van der Waals surface area contributed by atoms with Gasteiger partial charge in [0.05, 0.1) is 11.6 Å². The van der Waals surface area contributed by atoms with Gasteiger partial charge in [0.2, 0.25) is 5.91 Å². The molecule has 4 saturated heterocycles. The highest BCUT2D eigenvalue weighted by atomic mass is 35.5. The predicted octanol–water partition coefficient (Wildman–Crippen LogP) is 5.25. The van der Waals surface area contributed by atoms with Crippen LogP contribution in [-0.4, -0.2) is 89.1 Å². The minimum atomic E-state index is -2.87. The Hall–Kier alpha value is -1.97. The molecule has 5 fully saturated rings. The second-order valence-electron chi connectivity index (χ2n) is 13.2. The molecule has 0 radical (unpaired) electrons. The molecular formula is C31H45ClF2N4O3. The van der Waals surface area contributed by atoms with Crippen LogP contribution in [0.3, 0.4) is 0 Å². The average molecular weight is 595 g/mol. The molecular weight excluding hydrogens is 550 g/mol. The summed E-state index contributed by atoms with van der Waals surface area (Å²) in [5, 5.41) is 2.95. The minimum absolute atomic E-state index is 0. The summed E-state index contributed by atoms with van der Waals surface area (Å²) in [5.74, 6) is -4.10. The summed E-state index contributed by atoms with van der Waals surface area (Å²) in [5.41, 5.74) is 0.820. The fourth-order valence-electron chi connectivity index (χ4n) is 8.17. The molecule has 7 nitrogen and oxygen atoms in total. The van der Waals surface area contributed by atoms with E-state index >= 15 is 0 Å². The number of carbonyl (C=O) groups excluding carboxylic acids is 2. The third kappa shape index (κ3) is 6.09. The number of ether oxygens (including phenoxy) is 1. The summed E-state index contributed by atoms with van der Waals surface area (Å²) >= 11 is 0. The molecule has 1 aromatic carbocycles. The highest BCUT2D eigenvalue weighted by Gasteiger charge is 2.61. The number of nitrogens with zero attached hydrogens (tertiary/aromatic N) is 3. The molecule has 4 atom stereocenters. The molecule has 0 aromatic heterocycles. The van der Waals surface area contributed by atoms with Crippen molar-refractivity contribution in [3.63, 3.8) is 0 Å². The van der Waals surface area contributed by atoms with Gasteiger partial charge in [0.15, 0.2) is 0 Å². The summed E-state index contributed by atoms with van der Waals surface area (Å²) < 4.78 is 32.7. The van der Waals surface area contributed by atoms with E-state index in [9.17, 15) is 18.4 Å². The Kier molecular flexibility index (Phi) is 8.89. The van der Waals surface area contributed by atoms with E-state index < -0.39 is 17.7 Å². The molecule has 2 bridgehead atoms. The number of hydrogen-bond acceptors (Lipinski definition) is 4. The van der Waals surface area contributed by atoms with Crippen LogP contribution in [0.4, 0.5) is 13.6 Å². The van der Waals surface area contributed by atoms with Gasteiger partial charge >= 0.3 is 6.03 Å². The van der Waals surface area contributed by atoms with Gasteiger partial charge in [-0.2, -0.15) is 0 Å². The topological polar surface area (TPSA) is 65.1 Å². The standard InChI is InChI=1S/C31H44F2N4O3.ClH/c1-21(2)37-29(39)35(19-22-11-14-40-15-12-22)20-30(37)16-24-8-9-25(17-30)36(24)13-10-27(23-6-4-3-5-7-23)34-28(38)26-18-31(26,32)33;/h3-7,21-22,24-27H,8-20H2,1-2H3,(H,34,38);1H/t24?,25?,26?,27-,30?;/m0./s1. The van der Waals surface area contributed by atoms with Crippen molar-refractivity contribution < 1.29 is 23.1 Å². The highest BCUT2D eigenvalue weighted by Crippen LogP contribution is 2.50. The van der Waals surface area contributed by atoms with Crippen molar-refractivity contribution in [3.05, 3.63) is 35.9 Å². The van der Waals surface area contributed by atoms with Crippen molar-refractivity contribution in [1.29, 1.82) is 0 Å². The molecule has 1 aliphatic carbocycles. The van der Waals surface area contributed by atoms with Crippen LogP contribution in [0.25, 0.3) is 0 Å². The Balaban J connectivity index is 0.00000337. The predicted molar refractivity (Wildman–Crippen MR) is 155 cm³/mol. The van der Waals surface area contributed by atoms with E-state index in [1.807, 2.05) is 30.3 Å². The number of hydrogen-bond donors (Lipinski definition) is 1. The lowest BCUT2D eigenvalue weighted by molar-refractivity contribution is -0.125. The normalized spacial score (nSPS) is 31.9. The molecule has 4 aliphatic heterocycles. The maximum Gasteiger partial charge on any atom is 0.320 e. The summed E-state index contributed by atoms with van der Waals surface area (Å²) in [7, 11) is 0. The van der Waals surface area contributed by atoms with Gasteiger partial charge in [-0.25, -0.2) is 13.6 Å². The second-order valence-corrected chi connectivity index (χ2v) is 13.2. The number of rotatable bonds is 9. The number of nitrogens with one attached hydrogen (secondary N) is 1. The van der Waals surface area contributed by atoms with Crippen molar-refractivity contribution >= 4 is 24.3 Å². The SMILES string of the molecule is CC(C)N1C(=O)N(CC2CCOCC2)CC12CC1CCC(C2)N1CC[C@H](NC(=O)C1CC1(F)F)c1ccccc1.Cl. The number of amides is 3. The lowest BCUT2D eigenvalue weighted by Gasteiger charge is -2.49. The van der Waals surface area contributed by atoms with Crippen molar-refractivity contribution in [2.75, 3.05) is 32.8 Å². The quantitative estimate of drug-likeness (QED) is 0.424. The van der Waals surface area contributed by atoms with Gasteiger partial charge in [-0.15, -0.1) is 12.4 Å². The number of carbonyl (C=O) groups is 2. The van der Waals surface area contributed by atoms with Crippen LogP contribution in [0.1, 0.15) is 76.8 Å². The number of benzene rings is 1. The summed E-state index contributed by atoms with van der Waals surface area (Å²) in [6.45, 7) is 8.29. The lowest BCUT2D eigenvalue weighted by Crippen LogP contribution is -2.60. The summed E-state index contributed by atoms with van der Waals surface area (Å²) in [6.07, 6.45) is 6.53. The number of piperidine rings is 1. The summed E-state index contributed by atoms with van der Waals surface area (Å²) in [4.78, 5) is 33.2. The Bertz CT molecular complexity index is 1070. The first kappa shape index (κ1) is 30.5. The van der Waals surface area contributed by atoms with E-state index in [2.05, 4.69) is 33.9 Å². The van der Waals surface area contributed by atoms with Crippen molar-refractivity contribution in [3.8, 4) is 0 Å². The third-order valence-electron chi connectivity index (χ3n) is 10.1. The summed E-state index contributed by atoms with van der Waals surface area (Å²) in [6, 6.07) is 10.5. The second kappa shape index (κ2) is 12.0. The Morgan fingerprint density at radius 3 is 2.27 bits per heavy atom. The molecule has 10 heteroatoms. The van der Waals surface area contributed by atoms with E-state index in [1.54, 1.807) is 0 Å². The monoisotopic (exact) mass is 594 g/mol. The number of alkyl halides is 2. The highest BCUT2D eigenvalue weighted by molar-refractivity contribution is 5.85. The number of urea groups is 1.